The molecule has 0 bridgehead atoms. The number of likely N-dealkylation sites (tertiary alicyclic amines) is 1. The smallest absolute Gasteiger partial charge is 0.267 e. The van der Waals surface area contributed by atoms with Gasteiger partial charge in [0.15, 0.2) is 0 Å². The zero-order valence-electron chi connectivity index (χ0n) is 18.7. The Morgan fingerprint density at radius 1 is 1.16 bits per heavy atom. The summed E-state index contributed by atoms with van der Waals surface area (Å²) in [6.45, 7) is 4.98. The second-order valence-corrected chi connectivity index (χ2v) is 9.24. The van der Waals surface area contributed by atoms with Crippen LogP contribution in [0.1, 0.15) is 39.8 Å². The van der Waals surface area contributed by atoms with Crippen LogP contribution in [0.4, 0.5) is 0 Å². The predicted octanol–water partition coefficient (Wildman–Crippen LogP) is 3.90. The van der Waals surface area contributed by atoms with E-state index in [0.717, 1.165) is 33.9 Å². The maximum absolute atomic E-state index is 13.1. The van der Waals surface area contributed by atoms with E-state index in [2.05, 4.69) is 64.3 Å². The Hall–Kier alpha value is -3.06. The number of benzene rings is 2. The highest BCUT2D eigenvalue weighted by molar-refractivity contribution is 7.08. The van der Waals surface area contributed by atoms with Gasteiger partial charge in [-0.05, 0) is 54.4 Å². The van der Waals surface area contributed by atoms with Gasteiger partial charge in [0.05, 0.1) is 11.1 Å². The first-order valence-electron chi connectivity index (χ1n) is 10.9. The van der Waals surface area contributed by atoms with E-state index in [1.165, 1.54) is 5.56 Å². The van der Waals surface area contributed by atoms with Crippen LogP contribution in [-0.4, -0.2) is 46.4 Å². The van der Waals surface area contributed by atoms with Crippen LogP contribution in [-0.2, 0) is 17.6 Å². The first kappa shape index (κ1) is 22.1. The fourth-order valence-corrected chi connectivity index (χ4v) is 5.18. The van der Waals surface area contributed by atoms with Crippen LogP contribution in [0, 0.1) is 12.3 Å². The number of aromatic nitrogens is 2. The molecule has 1 aliphatic rings. The standard InChI is InChI=1S/C25H28N4O2S/c1-4-21-22(32-28-27-21)23(30)29-13-12-25(16-29,24(31)26-3)15-18-6-5-7-20(14-18)19-10-8-17(2)9-11-19/h5-11,14H,4,12-13,15-16H2,1-3H3,(H,26,31)/t25-/m0/s1. The molecule has 0 unspecified atom stereocenters. The van der Waals surface area contributed by atoms with Gasteiger partial charge >= 0.3 is 0 Å². The van der Waals surface area contributed by atoms with Gasteiger partial charge in [0.25, 0.3) is 5.91 Å². The van der Waals surface area contributed by atoms with Crippen molar-refractivity contribution in [3.63, 3.8) is 0 Å². The summed E-state index contributed by atoms with van der Waals surface area (Å²) in [4.78, 5) is 28.5. The zero-order chi connectivity index (χ0) is 22.7. The van der Waals surface area contributed by atoms with E-state index in [-0.39, 0.29) is 11.8 Å². The van der Waals surface area contributed by atoms with Gasteiger partial charge in [-0.15, -0.1) is 5.10 Å². The number of carbonyl (C=O) groups excluding carboxylic acids is 2. The van der Waals surface area contributed by atoms with Crippen molar-refractivity contribution in [1.82, 2.24) is 19.8 Å². The van der Waals surface area contributed by atoms with Crippen molar-refractivity contribution < 1.29 is 9.59 Å². The van der Waals surface area contributed by atoms with Crippen molar-refractivity contribution >= 4 is 23.3 Å². The molecule has 0 radical (unpaired) electrons. The molecule has 3 aromatic rings. The Labute approximate surface area is 192 Å². The number of nitrogens with one attached hydrogen (secondary N) is 1. The molecule has 1 saturated heterocycles. The third kappa shape index (κ3) is 4.30. The minimum atomic E-state index is -0.652. The van der Waals surface area contributed by atoms with Crippen LogP contribution in [0.2, 0.25) is 0 Å². The third-order valence-corrected chi connectivity index (χ3v) is 7.05. The van der Waals surface area contributed by atoms with Crippen molar-refractivity contribution in [3.05, 3.63) is 70.2 Å². The predicted molar refractivity (Wildman–Crippen MR) is 127 cm³/mol. The molecule has 1 fully saturated rings. The molecule has 0 saturated carbocycles. The Bertz CT molecular complexity index is 1120. The average molecular weight is 449 g/mol. The Morgan fingerprint density at radius 2 is 1.94 bits per heavy atom. The maximum atomic E-state index is 13.1. The van der Waals surface area contributed by atoms with Gasteiger partial charge in [0.1, 0.15) is 4.88 Å². The molecule has 2 aromatic carbocycles. The van der Waals surface area contributed by atoms with E-state index in [0.29, 0.717) is 37.2 Å². The highest BCUT2D eigenvalue weighted by Crippen LogP contribution is 2.36. The minimum Gasteiger partial charge on any atom is -0.359 e. The van der Waals surface area contributed by atoms with Crippen LogP contribution < -0.4 is 5.32 Å². The molecule has 0 aliphatic carbocycles. The molecule has 2 heterocycles. The van der Waals surface area contributed by atoms with Crippen LogP contribution in [0.25, 0.3) is 11.1 Å². The van der Waals surface area contributed by atoms with Gasteiger partial charge in [-0.1, -0.05) is 65.5 Å². The molecule has 7 heteroatoms. The summed E-state index contributed by atoms with van der Waals surface area (Å²) in [5.74, 6) is -0.0947. The number of carbonyl (C=O) groups is 2. The molecule has 1 aromatic heterocycles. The summed E-state index contributed by atoms with van der Waals surface area (Å²) < 4.78 is 3.95. The normalized spacial score (nSPS) is 18.0. The molecule has 166 valence electrons. The van der Waals surface area contributed by atoms with Gasteiger partial charge in [-0.25, -0.2) is 0 Å². The quantitative estimate of drug-likeness (QED) is 0.621. The van der Waals surface area contributed by atoms with Crippen LogP contribution >= 0.6 is 11.5 Å². The SMILES string of the molecule is CCc1nnsc1C(=O)N1CC[C@@](Cc2cccc(-c3ccc(C)cc3)c2)(C(=O)NC)C1. The molecular weight excluding hydrogens is 420 g/mol. The summed E-state index contributed by atoms with van der Waals surface area (Å²) in [7, 11) is 1.67. The van der Waals surface area contributed by atoms with E-state index >= 15 is 0 Å². The number of aryl methyl sites for hydroxylation is 2. The molecule has 32 heavy (non-hydrogen) atoms. The molecular formula is C25H28N4O2S. The van der Waals surface area contributed by atoms with Crippen molar-refractivity contribution in [2.75, 3.05) is 20.1 Å². The first-order valence-corrected chi connectivity index (χ1v) is 11.7. The van der Waals surface area contributed by atoms with Crippen LogP contribution in [0.15, 0.2) is 48.5 Å². The number of amides is 2. The average Bonchev–Trinajstić information content (AvgIpc) is 3.47. The van der Waals surface area contributed by atoms with E-state index < -0.39 is 5.41 Å². The highest BCUT2D eigenvalue weighted by Gasteiger charge is 2.46. The van der Waals surface area contributed by atoms with E-state index in [1.807, 2.05) is 13.0 Å². The van der Waals surface area contributed by atoms with Crippen molar-refractivity contribution in [3.8, 4) is 11.1 Å². The molecule has 0 spiro atoms. The van der Waals surface area contributed by atoms with Gasteiger partial charge in [0.2, 0.25) is 5.91 Å². The van der Waals surface area contributed by atoms with Gasteiger partial charge < -0.3 is 10.2 Å². The van der Waals surface area contributed by atoms with E-state index in [4.69, 9.17) is 0 Å². The lowest BCUT2D eigenvalue weighted by Gasteiger charge is -2.28. The fraction of sp³-hybridized carbons (Fsp3) is 0.360. The van der Waals surface area contributed by atoms with Gasteiger partial charge in [-0.3, -0.25) is 9.59 Å². The first-order chi connectivity index (χ1) is 15.5. The lowest BCUT2D eigenvalue weighted by molar-refractivity contribution is -0.129. The molecule has 2 amide bonds. The molecule has 1 atom stereocenters. The van der Waals surface area contributed by atoms with Crippen LogP contribution in [0.3, 0.4) is 0 Å². The number of rotatable bonds is 6. The summed E-state index contributed by atoms with van der Waals surface area (Å²) >= 11 is 1.14. The number of hydrogen-bond acceptors (Lipinski definition) is 5. The second kappa shape index (κ2) is 9.20. The molecule has 1 N–H and O–H groups in total. The van der Waals surface area contributed by atoms with Crippen LogP contribution in [0.5, 0.6) is 0 Å². The van der Waals surface area contributed by atoms with E-state index in [1.54, 1.807) is 11.9 Å². The Kier molecular flexibility index (Phi) is 6.37. The summed E-state index contributed by atoms with van der Waals surface area (Å²) in [6, 6.07) is 16.8. The fourth-order valence-electron chi connectivity index (χ4n) is 4.46. The summed E-state index contributed by atoms with van der Waals surface area (Å²) in [5, 5.41) is 6.91. The topological polar surface area (TPSA) is 75.2 Å². The lowest BCUT2D eigenvalue weighted by atomic mass is 9.79. The zero-order valence-corrected chi connectivity index (χ0v) is 19.5. The summed E-state index contributed by atoms with van der Waals surface area (Å²) in [5.41, 5.74) is 4.67. The Morgan fingerprint density at radius 3 is 2.66 bits per heavy atom. The van der Waals surface area contributed by atoms with Crippen molar-refractivity contribution in [1.29, 1.82) is 0 Å². The molecule has 6 nitrogen and oxygen atoms in total. The minimum absolute atomic E-state index is 0.0216. The maximum Gasteiger partial charge on any atom is 0.267 e. The molecule has 4 rings (SSSR count). The van der Waals surface area contributed by atoms with Gasteiger partial charge in [-0.2, -0.15) is 0 Å². The molecule has 1 aliphatic heterocycles. The largest absolute Gasteiger partial charge is 0.359 e. The van der Waals surface area contributed by atoms with Crippen molar-refractivity contribution in [2.45, 2.75) is 33.1 Å². The van der Waals surface area contributed by atoms with Crippen molar-refractivity contribution in [2.24, 2.45) is 5.41 Å². The number of hydrogen-bond donors (Lipinski definition) is 1. The van der Waals surface area contributed by atoms with E-state index in [9.17, 15) is 9.59 Å². The lowest BCUT2D eigenvalue weighted by Crippen LogP contribution is -2.44. The second-order valence-electron chi connectivity index (χ2n) is 8.48. The number of nitrogens with zero attached hydrogens (tertiary/aromatic N) is 3. The summed E-state index contributed by atoms with van der Waals surface area (Å²) in [6.07, 6.45) is 1.87. The monoisotopic (exact) mass is 448 g/mol. The third-order valence-electron chi connectivity index (χ3n) is 6.29. The highest BCUT2D eigenvalue weighted by atomic mass is 32.1. The van der Waals surface area contributed by atoms with Gasteiger partial charge in [0, 0.05) is 20.1 Å². The Balaban J connectivity index is 1.58.